The predicted octanol–water partition coefficient (Wildman–Crippen LogP) is 2.28. The highest BCUT2D eigenvalue weighted by Crippen LogP contribution is 2.27. The van der Waals surface area contributed by atoms with Gasteiger partial charge in [-0.1, -0.05) is 6.07 Å². The summed E-state index contributed by atoms with van der Waals surface area (Å²) in [4.78, 5) is 22.8. The molecule has 1 saturated heterocycles. The van der Waals surface area contributed by atoms with Gasteiger partial charge in [0.15, 0.2) is 0 Å². The molecule has 1 fully saturated rings. The van der Waals surface area contributed by atoms with Gasteiger partial charge in [-0.15, -0.1) is 0 Å². The Morgan fingerprint density at radius 2 is 1.95 bits per heavy atom. The van der Waals surface area contributed by atoms with Crippen LogP contribution in [-0.4, -0.2) is 38.3 Å². The number of rotatable bonds is 2. The summed E-state index contributed by atoms with van der Waals surface area (Å²) in [6, 6.07) is 9.90. The summed E-state index contributed by atoms with van der Waals surface area (Å²) < 4.78 is 1.95. The van der Waals surface area contributed by atoms with Gasteiger partial charge in [0.1, 0.15) is 11.3 Å². The zero-order valence-electron chi connectivity index (χ0n) is 12.3. The van der Waals surface area contributed by atoms with E-state index >= 15 is 0 Å². The van der Waals surface area contributed by atoms with E-state index in [2.05, 4.69) is 9.97 Å². The maximum absolute atomic E-state index is 12.5. The molecule has 1 amide bonds. The molecule has 5 heteroatoms. The van der Waals surface area contributed by atoms with Crippen LogP contribution in [0.1, 0.15) is 27.7 Å². The number of fused-ring (bicyclic) bond motifs is 1. The van der Waals surface area contributed by atoms with Crippen molar-refractivity contribution in [1.29, 1.82) is 0 Å². The van der Waals surface area contributed by atoms with E-state index in [1.165, 1.54) is 5.56 Å². The van der Waals surface area contributed by atoms with E-state index in [0.29, 0.717) is 11.6 Å². The molecule has 0 aromatic carbocycles. The Hall–Kier alpha value is -2.69. The number of imidazole rings is 1. The molecule has 4 heterocycles. The van der Waals surface area contributed by atoms with Crippen LogP contribution in [0.4, 0.5) is 0 Å². The van der Waals surface area contributed by atoms with E-state index in [0.717, 1.165) is 24.4 Å². The van der Waals surface area contributed by atoms with Crippen LogP contribution < -0.4 is 0 Å². The SMILES string of the molecule is Cc1cccc2nc(C(=O)N3CC(c4ccncc4)C3)cn12. The average molecular weight is 292 g/mol. The second-order valence-electron chi connectivity index (χ2n) is 5.71. The summed E-state index contributed by atoms with van der Waals surface area (Å²) in [5.41, 5.74) is 3.64. The molecule has 22 heavy (non-hydrogen) atoms. The molecule has 0 unspecified atom stereocenters. The minimum atomic E-state index is 0.00778. The number of carbonyl (C=O) groups is 1. The van der Waals surface area contributed by atoms with Crippen molar-refractivity contribution >= 4 is 11.6 Å². The molecule has 110 valence electrons. The molecular formula is C17H16N4O. The van der Waals surface area contributed by atoms with Gasteiger partial charge < -0.3 is 9.30 Å². The number of amides is 1. The summed E-state index contributed by atoms with van der Waals surface area (Å²) in [6.07, 6.45) is 5.42. The van der Waals surface area contributed by atoms with Crippen molar-refractivity contribution < 1.29 is 4.79 Å². The number of pyridine rings is 2. The van der Waals surface area contributed by atoms with Crippen LogP contribution in [0, 0.1) is 6.92 Å². The Morgan fingerprint density at radius 3 is 2.68 bits per heavy atom. The molecule has 0 bridgehead atoms. The third-order valence-electron chi connectivity index (χ3n) is 4.26. The van der Waals surface area contributed by atoms with E-state index < -0.39 is 0 Å². The third kappa shape index (κ3) is 2.06. The summed E-state index contributed by atoms with van der Waals surface area (Å²) in [5.74, 6) is 0.416. The zero-order valence-corrected chi connectivity index (χ0v) is 12.3. The first-order valence-corrected chi connectivity index (χ1v) is 7.36. The normalized spacial score (nSPS) is 15.0. The minimum Gasteiger partial charge on any atom is -0.336 e. The van der Waals surface area contributed by atoms with Crippen LogP contribution in [0.15, 0.2) is 48.9 Å². The molecule has 0 saturated carbocycles. The molecule has 3 aromatic rings. The van der Waals surface area contributed by atoms with Crippen LogP contribution in [0.5, 0.6) is 0 Å². The Morgan fingerprint density at radius 1 is 1.18 bits per heavy atom. The maximum Gasteiger partial charge on any atom is 0.274 e. The number of nitrogens with zero attached hydrogens (tertiary/aromatic N) is 4. The van der Waals surface area contributed by atoms with Crippen LogP contribution in [0.2, 0.25) is 0 Å². The fourth-order valence-corrected chi connectivity index (χ4v) is 2.90. The van der Waals surface area contributed by atoms with Gasteiger partial charge in [-0.25, -0.2) is 4.98 Å². The monoisotopic (exact) mass is 292 g/mol. The van der Waals surface area contributed by atoms with Crippen molar-refractivity contribution in [3.63, 3.8) is 0 Å². The van der Waals surface area contributed by atoms with Crippen molar-refractivity contribution in [3.05, 3.63) is 65.9 Å². The van der Waals surface area contributed by atoms with E-state index in [9.17, 15) is 4.79 Å². The molecule has 0 spiro atoms. The Kier molecular flexibility index (Phi) is 2.92. The van der Waals surface area contributed by atoms with Gasteiger partial charge in [0.2, 0.25) is 0 Å². The predicted molar refractivity (Wildman–Crippen MR) is 82.8 cm³/mol. The van der Waals surface area contributed by atoms with E-state index in [-0.39, 0.29) is 5.91 Å². The first-order valence-electron chi connectivity index (χ1n) is 7.36. The average Bonchev–Trinajstić information content (AvgIpc) is 2.92. The first-order chi connectivity index (χ1) is 10.7. The van der Waals surface area contributed by atoms with Crippen LogP contribution in [0.3, 0.4) is 0 Å². The topological polar surface area (TPSA) is 50.5 Å². The van der Waals surface area contributed by atoms with Gasteiger partial charge >= 0.3 is 0 Å². The zero-order chi connectivity index (χ0) is 15.1. The lowest BCUT2D eigenvalue weighted by Crippen LogP contribution is -2.48. The van der Waals surface area contributed by atoms with E-state index in [1.54, 1.807) is 12.4 Å². The Balaban J connectivity index is 1.52. The molecule has 0 atom stereocenters. The second-order valence-corrected chi connectivity index (χ2v) is 5.71. The summed E-state index contributed by atoms with van der Waals surface area (Å²) >= 11 is 0. The fraction of sp³-hybridized carbons (Fsp3) is 0.235. The number of aromatic nitrogens is 3. The van der Waals surface area contributed by atoms with Crippen LogP contribution >= 0.6 is 0 Å². The quantitative estimate of drug-likeness (QED) is 0.728. The molecule has 0 aliphatic carbocycles. The standard InChI is InChI=1S/C17H16N4O/c1-12-3-2-4-16-19-15(11-21(12)16)17(22)20-9-14(10-20)13-5-7-18-8-6-13/h2-8,11,14H,9-10H2,1H3. The van der Waals surface area contributed by atoms with Crippen molar-refractivity contribution in [2.45, 2.75) is 12.8 Å². The number of likely N-dealkylation sites (tertiary alicyclic amines) is 1. The number of hydrogen-bond donors (Lipinski definition) is 0. The Labute approximate surface area is 128 Å². The molecule has 4 rings (SSSR count). The highest BCUT2D eigenvalue weighted by Gasteiger charge is 2.33. The molecule has 5 nitrogen and oxygen atoms in total. The highest BCUT2D eigenvalue weighted by molar-refractivity contribution is 5.93. The highest BCUT2D eigenvalue weighted by atomic mass is 16.2. The molecule has 3 aromatic heterocycles. The van der Waals surface area contributed by atoms with Gasteiger partial charge in [-0.05, 0) is 36.8 Å². The largest absolute Gasteiger partial charge is 0.336 e. The summed E-state index contributed by atoms with van der Waals surface area (Å²) in [6.45, 7) is 3.50. The molecular weight excluding hydrogens is 276 g/mol. The fourth-order valence-electron chi connectivity index (χ4n) is 2.90. The first kappa shape index (κ1) is 13.0. The summed E-state index contributed by atoms with van der Waals surface area (Å²) in [7, 11) is 0. The summed E-state index contributed by atoms with van der Waals surface area (Å²) in [5, 5.41) is 0. The van der Waals surface area contributed by atoms with Crippen molar-refractivity contribution in [1.82, 2.24) is 19.3 Å². The molecule has 1 aliphatic rings. The lowest BCUT2D eigenvalue weighted by molar-refractivity contribution is 0.0597. The van der Waals surface area contributed by atoms with Gasteiger partial charge in [0, 0.05) is 43.3 Å². The minimum absolute atomic E-state index is 0.00778. The maximum atomic E-state index is 12.5. The van der Waals surface area contributed by atoms with Gasteiger partial charge in [-0.2, -0.15) is 0 Å². The number of hydrogen-bond acceptors (Lipinski definition) is 3. The smallest absolute Gasteiger partial charge is 0.274 e. The van der Waals surface area contributed by atoms with Crippen LogP contribution in [0.25, 0.3) is 5.65 Å². The number of carbonyl (C=O) groups excluding carboxylic acids is 1. The van der Waals surface area contributed by atoms with Crippen LogP contribution in [-0.2, 0) is 0 Å². The third-order valence-corrected chi connectivity index (χ3v) is 4.26. The van der Waals surface area contributed by atoms with E-state index in [1.807, 2.05) is 52.8 Å². The van der Waals surface area contributed by atoms with Gasteiger partial charge in [-0.3, -0.25) is 9.78 Å². The van der Waals surface area contributed by atoms with Crippen molar-refractivity contribution in [2.75, 3.05) is 13.1 Å². The van der Waals surface area contributed by atoms with E-state index in [4.69, 9.17) is 0 Å². The molecule has 1 aliphatic heterocycles. The molecule has 0 radical (unpaired) electrons. The second kappa shape index (κ2) is 4.94. The number of aryl methyl sites for hydroxylation is 1. The lowest BCUT2D eigenvalue weighted by Gasteiger charge is -2.39. The lowest BCUT2D eigenvalue weighted by atomic mass is 9.92. The van der Waals surface area contributed by atoms with Crippen molar-refractivity contribution in [3.8, 4) is 0 Å². The van der Waals surface area contributed by atoms with Crippen molar-refractivity contribution in [2.24, 2.45) is 0 Å². The van der Waals surface area contributed by atoms with Gasteiger partial charge in [0.05, 0.1) is 0 Å². The van der Waals surface area contributed by atoms with Gasteiger partial charge in [0.25, 0.3) is 5.91 Å². The Bertz CT molecular complexity index is 834. The molecule has 0 N–H and O–H groups in total.